The molecule has 13 heavy (non-hydrogen) atoms. The summed E-state index contributed by atoms with van der Waals surface area (Å²) in [4.78, 5) is 0. The molecule has 2 heteroatoms. The Labute approximate surface area is 82.0 Å². The second-order valence-corrected chi connectivity index (χ2v) is 4.28. The fraction of sp³-hybridized carbons (Fsp3) is 1.00. The van der Waals surface area contributed by atoms with Crippen molar-refractivity contribution in [1.82, 2.24) is 5.32 Å². The largest absolute Gasteiger partial charge is 0.377 e. The van der Waals surface area contributed by atoms with Crippen LogP contribution in [0.1, 0.15) is 40.0 Å². The fourth-order valence-corrected chi connectivity index (χ4v) is 1.99. The van der Waals surface area contributed by atoms with Crippen LogP contribution in [0.4, 0.5) is 0 Å². The molecule has 0 aromatic rings. The van der Waals surface area contributed by atoms with Crippen LogP contribution in [0.25, 0.3) is 0 Å². The molecule has 1 saturated heterocycles. The van der Waals surface area contributed by atoms with Gasteiger partial charge in [0.05, 0.1) is 6.10 Å². The Morgan fingerprint density at radius 1 is 1.46 bits per heavy atom. The van der Waals surface area contributed by atoms with Gasteiger partial charge in [-0.15, -0.1) is 0 Å². The van der Waals surface area contributed by atoms with E-state index < -0.39 is 0 Å². The normalized spacial score (nSPS) is 25.4. The van der Waals surface area contributed by atoms with E-state index in [0.717, 1.165) is 13.2 Å². The molecule has 2 nitrogen and oxygen atoms in total. The molecule has 0 saturated carbocycles. The first-order valence-corrected chi connectivity index (χ1v) is 5.60. The molecule has 1 fully saturated rings. The summed E-state index contributed by atoms with van der Waals surface area (Å²) >= 11 is 0. The van der Waals surface area contributed by atoms with Crippen molar-refractivity contribution in [2.45, 2.75) is 52.2 Å². The second-order valence-electron chi connectivity index (χ2n) is 4.28. The first-order chi connectivity index (χ1) is 6.25. The topological polar surface area (TPSA) is 21.3 Å². The second kappa shape index (κ2) is 5.61. The van der Waals surface area contributed by atoms with Crippen molar-refractivity contribution in [2.75, 3.05) is 13.2 Å². The predicted octanol–water partition coefficient (Wildman–Crippen LogP) is 2.19. The summed E-state index contributed by atoms with van der Waals surface area (Å²) in [5.41, 5.74) is 0. The van der Waals surface area contributed by atoms with Gasteiger partial charge in [0.1, 0.15) is 0 Å². The Morgan fingerprint density at radius 2 is 2.23 bits per heavy atom. The molecule has 2 unspecified atom stereocenters. The minimum absolute atomic E-state index is 0.464. The molecular weight excluding hydrogens is 162 g/mol. The summed E-state index contributed by atoms with van der Waals surface area (Å²) in [6.45, 7) is 8.83. The molecule has 0 spiro atoms. The Balaban J connectivity index is 2.36. The summed E-state index contributed by atoms with van der Waals surface area (Å²) < 4.78 is 5.71. The molecule has 1 aliphatic rings. The molecule has 2 atom stereocenters. The van der Waals surface area contributed by atoms with Crippen LogP contribution in [0.3, 0.4) is 0 Å². The minimum Gasteiger partial charge on any atom is -0.377 e. The molecule has 0 aromatic carbocycles. The first kappa shape index (κ1) is 11.0. The lowest BCUT2D eigenvalue weighted by Gasteiger charge is -2.27. The zero-order chi connectivity index (χ0) is 9.68. The molecule has 0 bridgehead atoms. The Bertz CT molecular complexity index is 130. The fourth-order valence-electron chi connectivity index (χ4n) is 1.99. The van der Waals surface area contributed by atoms with Gasteiger partial charge in [0.2, 0.25) is 0 Å². The smallest absolute Gasteiger partial charge is 0.0731 e. The van der Waals surface area contributed by atoms with Crippen LogP contribution in [0, 0.1) is 5.92 Å². The van der Waals surface area contributed by atoms with Gasteiger partial charge in [-0.25, -0.2) is 0 Å². The van der Waals surface area contributed by atoms with Gasteiger partial charge in [0.25, 0.3) is 0 Å². The number of hydrogen-bond donors (Lipinski definition) is 1. The van der Waals surface area contributed by atoms with Crippen LogP contribution in [-0.4, -0.2) is 25.3 Å². The van der Waals surface area contributed by atoms with Crippen molar-refractivity contribution in [1.29, 1.82) is 0 Å². The minimum atomic E-state index is 0.464. The SMILES string of the molecule is CCCNC(C(C)C)C1CCCO1. The number of nitrogens with one attached hydrogen (secondary N) is 1. The van der Waals surface area contributed by atoms with E-state index in [1.807, 2.05) is 0 Å². The van der Waals surface area contributed by atoms with Crippen LogP contribution >= 0.6 is 0 Å². The van der Waals surface area contributed by atoms with Crippen molar-refractivity contribution in [3.63, 3.8) is 0 Å². The molecule has 0 aromatic heterocycles. The van der Waals surface area contributed by atoms with Crippen LogP contribution in [-0.2, 0) is 4.74 Å². The standard InChI is InChI=1S/C11H23NO/c1-4-7-12-11(9(2)3)10-6-5-8-13-10/h9-12H,4-8H2,1-3H3. The molecule has 78 valence electrons. The summed E-state index contributed by atoms with van der Waals surface area (Å²) in [6.07, 6.45) is 4.14. The molecule has 1 heterocycles. The van der Waals surface area contributed by atoms with E-state index >= 15 is 0 Å². The van der Waals surface area contributed by atoms with E-state index in [9.17, 15) is 0 Å². The molecule has 1 rings (SSSR count). The van der Waals surface area contributed by atoms with E-state index in [0.29, 0.717) is 18.1 Å². The third-order valence-electron chi connectivity index (χ3n) is 2.71. The van der Waals surface area contributed by atoms with Gasteiger partial charge in [-0.05, 0) is 31.7 Å². The highest BCUT2D eigenvalue weighted by molar-refractivity contribution is 4.82. The van der Waals surface area contributed by atoms with Crippen molar-refractivity contribution < 1.29 is 4.74 Å². The van der Waals surface area contributed by atoms with Crippen LogP contribution in [0.15, 0.2) is 0 Å². The maximum absolute atomic E-state index is 5.71. The van der Waals surface area contributed by atoms with Gasteiger partial charge in [-0.2, -0.15) is 0 Å². The average Bonchev–Trinajstić information content (AvgIpc) is 2.57. The number of hydrogen-bond acceptors (Lipinski definition) is 2. The van der Waals surface area contributed by atoms with Gasteiger partial charge in [-0.3, -0.25) is 0 Å². The van der Waals surface area contributed by atoms with Crippen molar-refractivity contribution in [3.8, 4) is 0 Å². The zero-order valence-electron chi connectivity index (χ0n) is 9.18. The van der Waals surface area contributed by atoms with Crippen LogP contribution in [0.2, 0.25) is 0 Å². The highest BCUT2D eigenvalue weighted by Crippen LogP contribution is 2.20. The van der Waals surface area contributed by atoms with E-state index in [1.54, 1.807) is 0 Å². The van der Waals surface area contributed by atoms with E-state index in [1.165, 1.54) is 19.3 Å². The maximum atomic E-state index is 5.71. The summed E-state index contributed by atoms with van der Waals surface area (Å²) in [7, 11) is 0. The van der Waals surface area contributed by atoms with Crippen molar-refractivity contribution >= 4 is 0 Å². The van der Waals surface area contributed by atoms with Gasteiger partial charge < -0.3 is 10.1 Å². The highest BCUT2D eigenvalue weighted by atomic mass is 16.5. The molecule has 0 radical (unpaired) electrons. The van der Waals surface area contributed by atoms with Gasteiger partial charge in [-0.1, -0.05) is 20.8 Å². The summed E-state index contributed by atoms with van der Waals surface area (Å²) in [6, 6.07) is 0.558. The lowest BCUT2D eigenvalue weighted by molar-refractivity contribution is 0.0634. The Morgan fingerprint density at radius 3 is 2.69 bits per heavy atom. The molecule has 0 aliphatic carbocycles. The number of ether oxygens (including phenoxy) is 1. The number of rotatable bonds is 5. The van der Waals surface area contributed by atoms with Gasteiger partial charge in [0, 0.05) is 12.6 Å². The summed E-state index contributed by atoms with van der Waals surface area (Å²) in [5, 5.41) is 3.59. The van der Waals surface area contributed by atoms with Crippen molar-refractivity contribution in [3.05, 3.63) is 0 Å². The maximum Gasteiger partial charge on any atom is 0.0731 e. The van der Waals surface area contributed by atoms with Gasteiger partial charge in [0.15, 0.2) is 0 Å². The third kappa shape index (κ3) is 3.28. The molecule has 0 amide bonds. The third-order valence-corrected chi connectivity index (χ3v) is 2.71. The predicted molar refractivity (Wildman–Crippen MR) is 55.9 cm³/mol. The quantitative estimate of drug-likeness (QED) is 0.709. The van der Waals surface area contributed by atoms with Gasteiger partial charge >= 0.3 is 0 Å². The zero-order valence-corrected chi connectivity index (χ0v) is 9.18. The van der Waals surface area contributed by atoms with E-state index in [4.69, 9.17) is 4.74 Å². The summed E-state index contributed by atoms with van der Waals surface area (Å²) in [5.74, 6) is 0.676. The Kier molecular flexibility index (Phi) is 4.74. The monoisotopic (exact) mass is 185 g/mol. The molecule has 1 N–H and O–H groups in total. The average molecular weight is 185 g/mol. The molecule has 1 aliphatic heterocycles. The van der Waals surface area contributed by atoms with E-state index in [2.05, 4.69) is 26.1 Å². The highest BCUT2D eigenvalue weighted by Gasteiger charge is 2.27. The van der Waals surface area contributed by atoms with Crippen molar-refractivity contribution in [2.24, 2.45) is 5.92 Å². The van der Waals surface area contributed by atoms with Crippen LogP contribution in [0.5, 0.6) is 0 Å². The van der Waals surface area contributed by atoms with Crippen LogP contribution < -0.4 is 5.32 Å². The van der Waals surface area contributed by atoms with E-state index in [-0.39, 0.29) is 0 Å². The lowest BCUT2D eigenvalue weighted by Crippen LogP contribution is -2.43. The first-order valence-electron chi connectivity index (χ1n) is 5.60. The molecular formula is C11H23NO. The lowest BCUT2D eigenvalue weighted by atomic mass is 9.96. The Hall–Kier alpha value is -0.0800.